The monoisotopic (exact) mass is 632 g/mol. The molecule has 1 aromatic carbocycles. The van der Waals surface area contributed by atoms with Crippen LogP contribution in [0.1, 0.15) is 39.2 Å². The van der Waals surface area contributed by atoms with Gasteiger partial charge in [0.15, 0.2) is 5.96 Å². The molecule has 2 amide bonds. The molecule has 44 heavy (non-hydrogen) atoms. The molecule has 0 aliphatic rings. The summed E-state index contributed by atoms with van der Waals surface area (Å²) in [4.78, 5) is 73.7. The molecule has 15 nitrogen and oxygen atoms in total. The van der Waals surface area contributed by atoms with E-state index in [1.165, 1.54) is 6.08 Å². The molecule has 18 heteroatoms. The van der Waals surface area contributed by atoms with Gasteiger partial charge in [0.2, 0.25) is 11.8 Å². The van der Waals surface area contributed by atoms with E-state index in [0.717, 1.165) is 6.08 Å². The number of nitrogens with two attached hydrogens (primary N) is 2. The summed E-state index contributed by atoms with van der Waals surface area (Å²) >= 11 is 0. The van der Waals surface area contributed by atoms with Gasteiger partial charge in [-0.15, -0.1) is 0 Å². The third-order valence-corrected chi connectivity index (χ3v) is 5.34. The van der Waals surface area contributed by atoms with E-state index in [2.05, 4.69) is 20.9 Å². The Hall–Kier alpha value is -5.00. The van der Waals surface area contributed by atoms with Crippen molar-refractivity contribution < 1.29 is 56.9 Å². The standard InChI is InChI=1S/C24H34N6O7.C2HF3O2/c1-4-14(3)21(30-22(35)17(12-19(32)33)29-18(31)13-27-5-2)23(36)37-20(34)11-8-15-6-9-16(10-7-15)28-24(25)26;3-2(4,5)1(6)7/h6-11,14,17,21,27H,4-5,12-13H2,1-3H3,(H,29,31)(H,30,35)(H,32,33)(H4,25,26,28);(H,6,7)/t14-,17-,21-;/m0./s1. The van der Waals surface area contributed by atoms with E-state index in [1.54, 1.807) is 45.0 Å². The summed E-state index contributed by atoms with van der Waals surface area (Å²) in [5, 5.41) is 23.8. The number of aliphatic imine (C=N–C) groups is 1. The number of carboxylic acid groups (broad SMARTS) is 2. The molecule has 0 aromatic heterocycles. The van der Waals surface area contributed by atoms with Crippen molar-refractivity contribution in [2.24, 2.45) is 22.4 Å². The van der Waals surface area contributed by atoms with Crippen LogP contribution in [0.3, 0.4) is 0 Å². The predicted molar refractivity (Wildman–Crippen MR) is 150 cm³/mol. The van der Waals surface area contributed by atoms with E-state index >= 15 is 0 Å². The molecule has 0 saturated heterocycles. The predicted octanol–water partition coefficient (Wildman–Crippen LogP) is 0.408. The maximum absolute atomic E-state index is 12.8. The lowest BCUT2D eigenvalue weighted by Crippen LogP contribution is -2.55. The van der Waals surface area contributed by atoms with Crippen molar-refractivity contribution in [1.29, 1.82) is 0 Å². The Labute approximate surface area is 249 Å². The van der Waals surface area contributed by atoms with Crippen LogP contribution in [0.5, 0.6) is 0 Å². The molecule has 0 fully saturated rings. The zero-order chi connectivity index (χ0) is 34.0. The number of likely N-dealkylation sites (N-methyl/N-ethyl adjacent to an activating group) is 1. The third-order valence-electron chi connectivity index (χ3n) is 5.34. The first kappa shape index (κ1) is 39.0. The number of nitrogens with zero attached hydrogens (tertiary/aromatic N) is 1. The SMILES string of the molecule is CCNCC(=O)N[C@@H](CC(=O)O)C(=O)N[C@H](C(=O)OC(=O)C=Cc1ccc(N=C(N)N)cc1)[C@@H](C)CC.O=C(O)C(F)(F)F. The first-order valence-corrected chi connectivity index (χ1v) is 12.9. The minimum absolute atomic E-state index is 0.0986. The van der Waals surface area contributed by atoms with Gasteiger partial charge in [-0.1, -0.05) is 39.3 Å². The molecule has 0 aliphatic carbocycles. The maximum atomic E-state index is 12.8. The van der Waals surface area contributed by atoms with Crippen molar-refractivity contribution in [2.45, 2.75) is 51.9 Å². The van der Waals surface area contributed by atoms with Gasteiger partial charge in [-0.2, -0.15) is 13.2 Å². The fourth-order valence-corrected chi connectivity index (χ4v) is 2.96. The van der Waals surface area contributed by atoms with Crippen LogP contribution in [-0.4, -0.2) is 83.2 Å². The highest BCUT2D eigenvalue weighted by atomic mass is 19.4. The van der Waals surface area contributed by atoms with Gasteiger partial charge < -0.3 is 42.4 Å². The second-order valence-corrected chi connectivity index (χ2v) is 8.87. The second-order valence-electron chi connectivity index (χ2n) is 8.87. The number of rotatable bonds is 14. The number of benzene rings is 1. The molecule has 0 spiro atoms. The fourth-order valence-electron chi connectivity index (χ4n) is 2.96. The van der Waals surface area contributed by atoms with E-state index in [9.17, 15) is 37.1 Å². The van der Waals surface area contributed by atoms with Gasteiger partial charge in [-0.05, 0) is 36.2 Å². The minimum atomic E-state index is -5.08. The van der Waals surface area contributed by atoms with Crippen LogP contribution in [0, 0.1) is 5.92 Å². The first-order valence-electron chi connectivity index (χ1n) is 12.9. The highest BCUT2D eigenvalue weighted by Crippen LogP contribution is 2.15. The lowest BCUT2D eigenvalue weighted by molar-refractivity contribution is -0.192. The van der Waals surface area contributed by atoms with Crippen LogP contribution in [-0.2, 0) is 33.5 Å². The van der Waals surface area contributed by atoms with E-state index < -0.39 is 66.3 Å². The topological polar surface area (TPSA) is 253 Å². The van der Waals surface area contributed by atoms with E-state index in [4.69, 9.17) is 31.2 Å². The molecule has 1 rings (SSSR count). The van der Waals surface area contributed by atoms with Gasteiger partial charge in [0, 0.05) is 6.08 Å². The number of nitrogens with one attached hydrogen (secondary N) is 3. The summed E-state index contributed by atoms with van der Waals surface area (Å²) in [6, 6.07) is 3.84. The van der Waals surface area contributed by atoms with Crippen molar-refractivity contribution >= 4 is 53.4 Å². The van der Waals surface area contributed by atoms with Gasteiger partial charge in [0.25, 0.3) is 0 Å². The molecule has 0 unspecified atom stereocenters. The summed E-state index contributed by atoms with van der Waals surface area (Å²) in [6.45, 7) is 5.57. The molecule has 0 heterocycles. The van der Waals surface area contributed by atoms with Gasteiger partial charge in [-0.3, -0.25) is 14.4 Å². The van der Waals surface area contributed by atoms with Gasteiger partial charge in [-0.25, -0.2) is 19.4 Å². The number of carbonyl (C=O) groups is 6. The number of halogens is 3. The molecule has 0 saturated carbocycles. The number of ether oxygens (including phenoxy) is 1. The maximum Gasteiger partial charge on any atom is 0.490 e. The Kier molecular flexibility index (Phi) is 17.1. The lowest BCUT2D eigenvalue weighted by atomic mass is 9.98. The number of hydrogen-bond donors (Lipinski definition) is 7. The third kappa shape index (κ3) is 16.4. The largest absolute Gasteiger partial charge is 0.490 e. The molecule has 1 aromatic rings. The molecular formula is C26H35F3N6O9. The Morgan fingerprint density at radius 3 is 2.05 bits per heavy atom. The fraction of sp³-hybridized carbons (Fsp3) is 0.423. The zero-order valence-corrected chi connectivity index (χ0v) is 24.0. The highest BCUT2D eigenvalue weighted by Gasteiger charge is 2.38. The number of carbonyl (C=O) groups excluding carboxylic acids is 4. The number of amides is 2. The number of alkyl halides is 3. The molecular weight excluding hydrogens is 597 g/mol. The van der Waals surface area contributed by atoms with Crippen LogP contribution in [0.25, 0.3) is 6.08 Å². The van der Waals surface area contributed by atoms with E-state index in [0.29, 0.717) is 24.2 Å². The van der Waals surface area contributed by atoms with Crippen LogP contribution in [0.2, 0.25) is 0 Å². The number of aliphatic carboxylic acids is 2. The number of carboxylic acids is 2. The summed E-state index contributed by atoms with van der Waals surface area (Å²) in [5.41, 5.74) is 11.8. The number of esters is 2. The van der Waals surface area contributed by atoms with Gasteiger partial charge in [0.1, 0.15) is 12.1 Å². The summed E-state index contributed by atoms with van der Waals surface area (Å²) in [5.74, 6) is -8.10. The average Bonchev–Trinajstić information content (AvgIpc) is 2.92. The van der Waals surface area contributed by atoms with Crippen LogP contribution in [0.4, 0.5) is 18.9 Å². The molecule has 0 bridgehead atoms. The van der Waals surface area contributed by atoms with Crippen molar-refractivity contribution in [3.63, 3.8) is 0 Å². The Morgan fingerprint density at radius 1 is 1.02 bits per heavy atom. The van der Waals surface area contributed by atoms with Gasteiger partial charge >= 0.3 is 30.1 Å². The average molecular weight is 633 g/mol. The van der Waals surface area contributed by atoms with Crippen molar-refractivity contribution in [3.05, 3.63) is 35.9 Å². The number of hydrogen-bond acceptors (Lipinski definition) is 9. The quantitative estimate of drug-likeness (QED) is 0.0484. The molecule has 9 N–H and O–H groups in total. The van der Waals surface area contributed by atoms with Crippen LogP contribution < -0.4 is 27.4 Å². The smallest absolute Gasteiger partial charge is 0.481 e. The number of guanidine groups is 1. The second kappa shape index (κ2) is 19.2. The summed E-state index contributed by atoms with van der Waals surface area (Å²) in [7, 11) is 0. The van der Waals surface area contributed by atoms with E-state index in [1.807, 2.05) is 0 Å². The highest BCUT2D eigenvalue weighted by molar-refractivity contribution is 5.98. The Morgan fingerprint density at radius 2 is 1.59 bits per heavy atom. The molecule has 244 valence electrons. The summed E-state index contributed by atoms with van der Waals surface area (Å²) < 4.78 is 36.6. The Bertz CT molecular complexity index is 1220. The minimum Gasteiger partial charge on any atom is -0.481 e. The first-order chi connectivity index (χ1) is 20.4. The van der Waals surface area contributed by atoms with Crippen molar-refractivity contribution in [1.82, 2.24) is 16.0 Å². The normalized spacial score (nSPS) is 12.9. The zero-order valence-electron chi connectivity index (χ0n) is 24.0. The van der Waals surface area contributed by atoms with Crippen molar-refractivity contribution in [3.8, 4) is 0 Å². The lowest BCUT2D eigenvalue weighted by Gasteiger charge is -2.25. The molecule has 0 radical (unpaired) electrons. The van der Waals surface area contributed by atoms with Gasteiger partial charge in [0.05, 0.1) is 18.7 Å². The Balaban J connectivity index is 0.00000234. The van der Waals surface area contributed by atoms with Crippen LogP contribution >= 0.6 is 0 Å². The van der Waals surface area contributed by atoms with E-state index in [-0.39, 0.29) is 12.5 Å². The molecule has 0 aliphatic heterocycles. The summed E-state index contributed by atoms with van der Waals surface area (Å²) in [6.07, 6.45) is -2.90. The molecule has 3 atom stereocenters. The van der Waals surface area contributed by atoms with Crippen LogP contribution in [0.15, 0.2) is 35.3 Å². The van der Waals surface area contributed by atoms with Crippen molar-refractivity contribution in [2.75, 3.05) is 13.1 Å².